The van der Waals surface area contributed by atoms with Gasteiger partial charge in [-0.3, -0.25) is 4.79 Å². The van der Waals surface area contributed by atoms with E-state index in [9.17, 15) is 4.79 Å². The molecule has 0 aliphatic rings. The summed E-state index contributed by atoms with van der Waals surface area (Å²) in [6.45, 7) is 3.67. The number of hydrogen-bond donors (Lipinski definition) is 1. The molecule has 0 bridgehead atoms. The second-order valence-electron chi connectivity index (χ2n) is 4.34. The molecule has 0 fully saturated rings. The van der Waals surface area contributed by atoms with E-state index < -0.39 is 0 Å². The van der Waals surface area contributed by atoms with Crippen LogP contribution in [0.1, 0.15) is 23.7 Å². The van der Waals surface area contributed by atoms with Crippen molar-refractivity contribution in [1.82, 2.24) is 4.90 Å². The van der Waals surface area contributed by atoms with E-state index in [1.807, 2.05) is 19.4 Å². The van der Waals surface area contributed by atoms with Crippen LogP contribution in [0.2, 0.25) is 5.02 Å². The van der Waals surface area contributed by atoms with Gasteiger partial charge in [-0.15, -0.1) is 0 Å². The number of nitrogens with zero attached hydrogens (tertiary/aromatic N) is 1. The summed E-state index contributed by atoms with van der Waals surface area (Å²) in [6, 6.07) is 5.41. The molecular formula is C14H21ClN2OS. The van der Waals surface area contributed by atoms with Gasteiger partial charge in [0.05, 0.1) is 5.56 Å². The van der Waals surface area contributed by atoms with Gasteiger partial charge >= 0.3 is 0 Å². The van der Waals surface area contributed by atoms with Gasteiger partial charge in [0.15, 0.2) is 0 Å². The normalized spacial score (nSPS) is 10.3. The molecule has 0 radical (unpaired) electrons. The molecule has 0 spiro atoms. The highest BCUT2D eigenvalue weighted by molar-refractivity contribution is 7.98. The Morgan fingerprint density at radius 3 is 2.84 bits per heavy atom. The van der Waals surface area contributed by atoms with Crippen LogP contribution in [0.25, 0.3) is 0 Å². The number of hydrogen-bond acceptors (Lipinski definition) is 3. The van der Waals surface area contributed by atoms with Crippen LogP contribution in [-0.2, 0) is 0 Å². The number of halogens is 1. The van der Waals surface area contributed by atoms with Gasteiger partial charge in [-0.25, -0.2) is 0 Å². The molecule has 1 aromatic carbocycles. The molecule has 0 saturated carbocycles. The number of anilines is 1. The first-order valence-corrected chi connectivity index (χ1v) is 8.15. The molecule has 1 aromatic rings. The van der Waals surface area contributed by atoms with Crippen LogP contribution in [0.4, 0.5) is 5.69 Å². The topological polar surface area (TPSA) is 32.3 Å². The number of thioether (sulfide) groups is 1. The van der Waals surface area contributed by atoms with E-state index >= 15 is 0 Å². The molecule has 0 aromatic heterocycles. The number of carbonyl (C=O) groups is 1. The summed E-state index contributed by atoms with van der Waals surface area (Å²) in [5, 5.41) is 3.86. The van der Waals surface area contributed by atoms with E-state index in [0.717, 1.165) is 31.0 Å². The first-order chi connectivity index (χ1) is 9.10. The highest BCUT2D eigenvalue weighted by atomic mass is 35.5. The highest BCUT2D eigenvalue weighted by Gasteiger charge is 2.16. The van der Waals surface area contributed by atoms with Gasteiger partial charge < -0.3 is 10.2 Å². The average Bonchev–Trinajstić information content (AvgIpc) is 2.42. The van der Waals surface area contributed by atoms with Crippen LogP contribution in [0.5, 0.6) is 0 Å². The van der Waals surface area contributed by atoms with Crippen molar-refractivity contribution < 1.29 is 4.79 Å². The third-order valence-corrected chi connectivity index (χ3v) is 3.58. The SMILES string of the molecule is CCCNc1ccc(Cl)cc1C(=O)N(C)CCSC. The smallest absolute Gasteiger partial charge is 0.255 e. The van der Waals surface area contributed by atoms with Crippen molar-refractivity contribution in [2.24, 2.45) is 0 Å². The molecule has 0 atom stereocenters. The Morgan fingerprint density at radius 1 is 1.47 bits per heavy atom. The van der Waals surface area contributed by atoms with Crippen LogP contribution in [0.3, 0.4) is 0 Å². The minimum Gasteiger partial charge on any atom is -0.384 e. The van der Waals surface area contributed by atoms with E-state index in [2.05, 4.69) is 12.2 Å². The summed E-state index contributed by atoms with van der Waals surface area (Å²) in [5.74, 6) is 0.940. The minimum absolute atomic E-state index is 0.00940. The Hall–Kier alpha value is -0.870. The van der Waals surface area contributed by atoms with Crippen molar-refractivity contribution in [3.8, 4) is 0 Å². The lowest BCUT2D eigenvalue weighted by Crippen LogP contribution is -2.29. The van der Waals surface area contributed by atoms with Crippen LogP contribution in [0.15, 0.2) is 18.2 Å². The lowest BCUT2D eigenvalue weighted by atomic mass is 10.1. The Bertz CT molecular complexity index is 426. The predicted octanol–water partition coefficient (Wildman–Crippen LogP) is 3.60. The molecule has 1 rings (SSSR count). The quantitative estimate of drug-likeness (QED) is 0.835. The lowest BCUT2D eigenvalue weighted by Gasteiger charge is -2.19. The van der Waals surface area contributed by atoms with Crippen molar-refractivity contribution in [2.75, 3.05) is 37.5 Å². The Kier molecular flexibility index (Phi) is 7.10. The summed E-state index contributed by atoms with van der Waals surface area (Å²) in [6.07, 6.45) is 3.05. The molecule has 0 aliphatic heterocycles. The molecule has 1 amide bonds. The summed E-state index contributed by atoms with van der Waals surface area (Å²) >= 11 is 7.73. The fraction of sp³-hybridized carbons (Fsp3) is 0.500. The molecule has 3 nitrogen and oxygen atoms in total. The predicted molar refractivity (Wildman–Crippen MR) is 85.6 cm³/mol. The first-order valence-electron chi connectivity index (χ1n) is 6.38. The minimum atomic E-state index is 0.00940. The van der Waals surface area contributed by atoms with Gasteiger partial charge in [-0.2, -0.15) is 11.8 Å². The third kappa shape index (κ3) is 4.96. The second-order valence-corrected chi connectivity index (χ2v) is 5.76. The monoisotopic (exact) mass is 300 g/mol. The number of nitrogens with one attached hydrogen (secondary N) is 1. The van der Waals surface area contributed by atoms with Crippen molar-refractivity contribution in [1.29, 1.82) is 0 Å². The third-order valence-electron chi connectivity index (χ3n) is 2.75. The van der Waals surface area contributed by atoms with Gasteiger partial charge in [0.1, 0.15) is 0 Å². The van der Waals surface area contributed by atoms with E-state index in [4.69, 9.17) is 11.6 Å². The number of benzene rings is 1. The van der Waals surface area contributed by atoms with Crippen molar-refractivity contribution in [3.63, 3.8) is 0 Å². The van der Waals surface area contributed by atoms with Gasteiger partial charge in [-0.1, -0.05) is 18.5 Å². The Morgan fingerprint density at radius 2 is 2.21 bits per heavy atom. The maximum atomic E-state index is 12.4. The highest BCUT2D eigenvalue weighted by Crippen LogP contribution is 2.22. The molecule has 1 N–H and O–H groups in total. The maximum Gasteiger partial charge on any atom is 0.255 e. The van der Waals surface area contributed by atoms with Gasteiger partial charge in [-0.05, 0) is 30.9 Å². The summed E-state index contributed by atoms with van der Waals surface area (Å²) < 4.78 is 0. The van der Waals surface area contributed by atoms with E-state index in [0.29, 0.717) is 10.6 Å². The average molecular weight is 301 g/mol. The fourth-order valence-corrected chi connectivity index (χ4v) is 2.27. The Labute approximate surface area is 124 Å². The molecule has 19 heavy (non-hydrogen) atoms. The van der Waals surface area contributed by atoms with E-state index in [1.165, 1.54) is 0 Å². The largest absolute Gasteiger partial charge is 0.384 e. The van der Waals surface area contributed by atoms with Crippen LogP contribution in [-0.4, -0.2) is 43.0 Å². The first kappa shape index (κ1) is 16.2. The molecule has 5 heteroatoms. The molecule has 0 aliphatic carbocycles. The molecule has 106 valence electrons. The number of carbonyl (C=O) groups excluding carboxylic acids is 1. The summed E-state index contributed by atoms with van der Waals surface area (Å²) in [5.41, 5.74) is 1.50. The zero-order valence-corrected chi connectivity index (χ0v) is 13.3. The Balaban J connectivity index is 2.89. The number of amides is 1. The van der Waals surface area contributed by atoms with Crippen molar-refractivity contribution >= 4 is 35.0 Å². The van der Waals surface area contributed by atoms with Crippen molar-refractivity contribution in [2.45, 2.75) is 13.3 Å². The molecule has 0 heterocycles. The second kappa shape index (κ2) is 8.33. The van der Waals surface area contributed by atoms with E-state index in [1.54, 1.807) is 28.8 Å². The van der Waals surface area contributed by atoms with Crippen LogP contribution >= 0.6 is 23.4 Å². The maximum absolute atomic E-state index is 12.4. The lowest BCUT2D eigenvalue weighted by molar-refractivity contribution is 0.0804. The zero-order chi connectivity index (χ0) is 14.3. The van der Waals surface area contributed by atoms with E-state index in [-0.39, 0.29) is 5.91 Å². The molecular weight excluding hydrogens is 280 g/mol. The molecule has 0 saturated heterocycles. The number of rotatable bonds is 7. The summed E-state index contributed by atoms with van der Waals surface area (Å²) in [7, 11) is 1.82. The van der Waals surface area contributed by atoms with Crippen LogP contribution in [0, 0.1) is 0 Å². The van der Waals surface area contributed by atoms with Gasteiger partial charge in [0.2, 0.25) is 0 Å². The van der Waals surface area contributed by atoms with Gasteiger partial charge in [0.25, 0.3) is 5.91 Å². The van der Waals surface area contributed by atoms with Crippen LogP contribution < -0.4 is 5.32 Å². The standard InChI is InChI=1S/C14H21ClN2OS/c1-4-7-16-13-6-5-11(15)10-12(13)14(18)17(2)8-9-19-3/h5-6,10,16H,4,7-9H2,1-3H3. The zero-order valence-electron chi connectivity index (χ0n) is 11.7. The fourth-order valence-electron chi connectivity index (χ4n) is 1.64. The van der Waals surface area contributed by atoms with Gasteiger partial charge in [0, 0.05) is 36.6 Å². The molecule has 0 unspecified atom stereocenters. The summed E-state index contributed by atoms with van der Waals surface area (Å²) in [4.78, 5) is 14.1. The van der Waals surface area contributed by atoms with Crippen molar-refractivity contribution in [3.05, 3.63) is 28.8 Å².